The molecule has 1 N–H and O–H groups in total. The fourth-order valence-corrected chi connectivity index (χ4v) is 8.88. The number of aryl methyl sites for hydroxylation is 4. The third-order valence-electron chi connectivity index (χ3n) is 9.05. The topological polar surface area (TPSA) is 144 Å². The zero-order chi connectivity index (χ0) is 38.9. The van der Waals surface area contributed by atoms with Gasteiger partial charge in [0.15, 0.2) is 17.5 Å². The molecule has 2 heterocycles. The molecular formula is C40H42N4O8S2. The summed E-state index contributed by atoms with van der Waals surface area (Å²) in [6, 6.07) is 21.2. The second-order valence-electron chi connectivity index (χ2n) is 13.7. The lowest BCUT2D eigenvalue weighted by Gasteiger charge is -2.35. The van der Waals surface area contributed by atoms with Crippen molar-refractivity contribution in [3.63, 3.8) is 0 Å². The van der Waals surface area contributed by atoms with Crippen LogP contribution in [0.4, 0.5) is 16.2 Å². The largest absolute Gasteiger partial charge is 0.497 e. The Morgan fingerprint density at radius 3 is 2.35 bits per heavy atom. The molecule has 3 amide bonds. The van der Waals surface area contributed by atoms with E-state index in [0.717, 1.165) is 31.5 Å². The third-order valence-corrected chi connectivity index (χ3v) is 12.1. The molecule has 0 aromatic heterocycles. The zero-order valence-electron chi connectivity index (χ0n) is 31.1. The van der Waals surface area contributed by atoms with Crippen molar-refractivity contribution in [2.45, 2.75) is 74.3 Å². The maximum atomic E-state index is 14.8. The van der Waals surface area contributed by atoms with E-state index < -0.39 is 39.6 Å². The van der Waals surface area contributed by atoms with Crippen LogP contribution in [-0.2, 0) is 24.3 Å². The van der Waals surface area contributed by atoms with Gasteiger partial charge < -0.3 is 19.5 Å². The van der Waals surface area contributed by atoms with Gasteiger partial charge in [0.25, 0.3) is 21.8 Å². The molecule has 14 heteroatoms. The van der Waals surface area contributed by atoms with E-state index in [1.165, 1.54) is 44.9 Å². The van der Waals surface area contributed by atoms with Gasteiger partial charge in [-0.15, -0.1) is 0 Å². The van der Waals surface area contributed by atoms with Crippen molar-refractivity contribution >= 4 is 56.9 Å². The maximum Gasteiger partial charge on any atom is 0.418 e. The number of para-hydroxylation sites is 1. The molecule has 2 aliphatic rings. The highest BCUT2D eigenvalue weighted by Crippen LogP contribution is 2.39. The second kappa shape index (κ2) is 15.2. The Hall–Kier alpha value is -5.34. The van der Waals surface area contributed by atoms with E-state index >= 15 is 0 Å². The molecule has 6 rings (SSSR count). The van der Waals surface area contributed by atoms with Gasteiger partial charge in [-0.05, 0) is 94.6 Å². The number of fused-ring (bicyclic) bond motifs is 1. The number of ether oxygens (including phenoxy) is 3. The van der Waals surface area contributed by atoms with Crippen molar-refractivity contribution in [3.8, 4) is 11.5 Å². The van der Waals surface area contributed by atoms with Crippen molar-refractivity contribution in [2.75, 3.05) is 25.6 Å². The number of cyclic esters (lactones) is 1. The minimum absolute atomic E-state index is 0.0555. The fourth-order valence-electron chi connectivity index (χ4n) is 6.19. The molecule has 12 nitrogen and oxygen atoms in total. The molecule has 1 atom stereocenters. The molecular weight excluding hydrogens is 729 g/mol. The lowest BCUT2D eigenvalue weighted by molar-refractivity contribution is -0.137. The second-order valence-corrected chi connectivity index (χ2v) is 16.6. The fraction of sp³-hybridized carbons (Fsp3) is 0.300. The highest BCUT2D eigenvalue weighted by Gasteiger charge is 2.55. The molecule has 282 valence electrons. The molecule has 1 fully saturated rings. The normalized spacial score (nSPS) is 16.3. The van der Waals surface area contributed by atoms with Gasteiger partial charge in [0.05, 0.1) is 25.1 Å². The summed E-state index contributed by atoms with van der Waals surface area (Å²) >= 11 is 1.41. The summed E-state index contributed by atoms with van der Waals surface area (Å²) in [5.41, 5.74) is 2.80. The van der Waals surface area contributed by atoms with Crippen LogP contribution < -0.4 is 14.8 Å². The molecule has 0 saturated carbocycles. The molecule has 4 aromatic carbocycles. The molecule has 0 aliphatic carbocycles. The first kappa shape index (κ1) is 38.4. The van der Waals surface area contributed by atoms with Crippen molar-refractivity contribution < 1.29 is 37.0 Å². The van der Waals surface area contributed by atoms with Gasteiger partial charge in [-0.1, -0.05) is 53.7 Å². The van der Waals surface area contributed by atoms with Crippen LogP contribution in [0.1, 0.15) is 42.5 Å². The standard InChI is InChI=1S/C40H42N4O8S2/c1-24-14-17-31(27(4)21-24)51-20-10-19-43-36(41-29-11-8-9-12-34(29)54(43,48)49)35(44-38(46)40(5,6)52-39(44)47)37(45)42-30-23-28(50-7)16-18-32(30)53-33-22-25(2)13-15-26(33)3/h8-9,11-18,21-23,35H,10,19-20H2,1-7H3,(H,42,45). The summed E-state index contributed by atoms with van der Waals surface area (Å²) in [5, 5.41) is 2.89. The number of benzene rings is 4. The first-order chi connectivity index (χ1) is 25.6. The first-order valence-electron chi connectivity index (χ1n) is 17.3. The van der Waals surface area contributed by atoms with E-state index in [1.54, 1.807) is 30.3 Å². The number of rotatable bonds is 12. The number of anilines is 1. The lowest BCUT2D eigenvalue weighted by Crippen LogP contribution is -2.59. The van der Waals surface area contributed by atoms with Crippen molar-refractivity contribution in [1.82, 2.24) is 9.21 Å². The molecule has 0 spiro atoms. The average Bonchev–Trinajstić information content (AvgIpc) is 3.32. The smallest absolute Gasteiger partial charge is 0.418 e. The van der Waals surface area contributed by atoms with Gasteiger partial charge in [0, 0.05) is 28.8 Å². The highest BCUT2D eigenvalue weighted by atomic mass is 32.2. The van der Waals surface area contributed by atoms with Crippen LogP contribution in [0.25, 0.3) is 0 Å². The Balaban J connectivity index is 1.42. The lowest BCUT2D eigenvalue weighted by atomic mass is 10.1. The Morgan fingerprint density at radius 1 is 0.926 bits per heavy atom. The van der Waals surface area contributed by atoms with E-state index in [9.17, 15) is 22.8 Å². The molecule has 0 radical (unpaired) electrons. The summed E-state index contributed by atoms with van der Waals surface area (Å²) in [6.45, 7) is 10.6. The summed E-state index contributed by atoms with van der Waals surface area (Å²) in [6.07, 6.45) is -0.934. The number of amides is 3. The summed E-state index contributed by atoms with van der Waals surface area (Å²) < 4.78 is 46.7. The number of hydrogen-bond acceptors (Lipinski definition) is 10. The van der Waals surface area contributed by atoms with Gasteiger partial charge in [-0.2, -0.15) is 0 Å². The van der Waals surface area contributed by atoms with Crippen LogP contribution in [0.3, 0.4) is 0 Å². The summed E-state index contributed by atoms with van der Waals surface area (Å²) in [4.78, 5) is 49.0. The monoisotopic (exact) mass is 770 g/mol. The number of carbonyl (C=O) groups is 3. The Kier molecular flexibility index (Phi) is 10.8. The number of aliphatic imine (C=N–C) groups is 1. The number of imide groups is 1. The molecule has 54 heavy (non-hydrogen) atoms. The van der Waals surface area contributed by atoms with Crippen molar-refractivity contribution in [2.24, 2.45) is 4.99 Å². The quantitative estimate of drug-likeness (QED) is 0.146. The number of carbonyl (C=O) groups excluding carboxylic acids is 3. The SMILES string of the molecule is COc1ccc(Sc2cc(C)ccc2C)c(NC(=O)C(C2=Nc3ccccc3S(=O)(=O)N2CCCOc2ccc(C)cc2C)N2C(=O)OC(C)(C)C2=O)c1. The van der Waals surface area contributed by atoms with Gasteiger partial charge in [-0.3, -0.25) is 13.9 Å². The number of sulfonamides is 1. The van der Waals surface area contributed by atoms with Gasteiger partial charge in [0.1, 0.15) is 16.4 Å². The van der Waals surface area contributed by atoms with Gasteiger partial charge >= 0.3 is 6.09 Å². The van der Waals surface area contributed by atoms with Crippen LogP contribution >= 0.6 is 11.8 Å². The van der Waals surface area contributed by atoms with E-state index in [4.69, 9.17) is 14.2 Å². The molecule has 0 bridgehead atoms. The maximum absolute atomic E-state index is 14.8. The van der Waals surface area contributed by atoms with E-state index in [-0.39, 0.29) is 36.0 Å². The van der Waals surface area contributed by atoms with E-state index in [1.807, 2.05) is 64.1 Å². The van der Waals surface area contributed by atoms with E-state index in [2.05, 4.69) is 10.3 Å². The summed E-state index contributed by atoms with van der Waals surface area (Å²) in [7, 11) is -2.86. The average molecular weight is 771 g/mol. The predicted molar refractivity (Wildman–Crippen MR) is 206 cm³/mol. The number of methoxy groups -OCH3 is 1. The highest BCUT2D eigenvalue weighted by molar-refractivity contribution is 7.99. The van der Waals surface area contributed by atoms with Crippen molar-refractivity contribution in [1.29, 1.82) is 0 Å². The molecule has 1 saturated heterocycles. The van der Waals surface area contributed by atoms with Gasteiger partial charge in [-0.25, -0.2) is 23.1 Å². The zero-order valence-corrected chi connectivity index (χ0v) is 32.8. The molecule has 2 aliphatic heterocycles. The summed E-state index contributed by atoms with van der Waals surface area (Å²) in [5.74, 6) is -0.979. The number of nitrogens with zero attached hydrogens (tertiary/aromatic N) is 3. The minimum Gasteiger partial charge on any atom is -0.497 e. The predicted octanol–water partition coefficient (Wildman–Crippen LogP) is 7.35. The van der Waals surface area contributed by atoms with E-state index in [0.29, 0.717) is 27.0 Å². The van der Waals surface area contributed by atoms with Crippen LogP contribution in [0, 0.1) is 27.7 Å². The van der Waals surface area contributed by atoms with Gasteiger partial charge in [0.2, 0.25) is 0 Å². The van der Waals surface area contributed by atoms with Crippen LogP contribution in [0.2, 0.25) is 0 Å². The Bertz CT molecular complexity index is 2290. The Labute approximate surface area is 319 Å². The first-order valence-corrected chi connectivity index (χ1v) is 19.6. The number of nitrogens with one attached hydrogen (secondary N) is 1. The Morgan fingerprint density at radius 2 is 1.65 bits per heavy atom. The van der Waals surface area contributed by atoms with Crippen molar-refractivity contribution in [3.05, 3.63) is 101 Å². The van der Waals surface area contributed by atoms with Crippen LogP contribution in [0.5, 0.6) is 11.5 Å². The third kappa shape index (κ3) is 7.66. The molecule has 1 unspecified atom stereocenters. The molecule has 4 aromatic rings. The number of hydrogen-bond donors (Lipinski definition) is 1. The number of amidine groups is 1. The minimum atomic E-state index is -4.35. The van der Waals surface area contributed by atoms with Crippen LogP contribution in [0.15, 0.2) is 98.5 Å². The van der Waals surface area contributed by atoms with Crippen LogP contribution in [-0.4, -0.2) is 73.3 Å².